The molecule has 8 rings (SSSR count). The van der Waals surface area contributed by atoms with Crippen LogP contribution in [0.4, 0.5) is 0 Å². The molecule has 0 amide bonds. The summed E-state index contributed by atoms with van der Waals surface area (Å²) in [5, 5.41) is 10.2. The van der Waals surface area contributed by atoms with Gasteiger partial charge < -0.3 is 0 Å². The Morgan fingerprint density at radius 1 is 0.293 bits per heavy atom. The zero-order valence-corrected chi connectivity index (χ0v) is 22.9. The summed E-state index contributed by atoms with van der Waals surface area (Å²) in [5.41, 5.74) is 8.88. The minimum Gasteiger partial charge on any atom is -0.0622 e. The average Bonchev–Trinajstić information content (AvgIpc) is 3.03. The van der Waals surface area contributed by atoms with Crippen molar-refractivity contribution in [2.24, 2.45) is 0 Å². The molecule has 0 saturated carbocycles. The third-order valence-electron chi connectivity index (χ3n) is 8.45. The van der Waals surface area contributed by atoms with Gasteiger partial charge in [-0.25, -0.2) is 0 Å². The van der Waals surface area contributed by atoms with Crippen molar-refractivity contribution in [3.63, 3.8) is 0 Å². The summed E-state index contributed by atoms with van der Waals surface area (Å²) < 4.78 is 0. The molecule has 0 heterocycles. The van der Waals surface area contributed by atoms with Crippen LogP contribution in [0.3, 0.4) is 0 Å². The smallest absolute Gasteiger partial charge is 0.00262 e. The Morgan fingerprint density at radius 3 is 1.20 bits per heavy atom. The van der Waals surface area contributed by atoms with Gasteiger partial charge in [-0.2, -0.15) is 0 Å². The van der Waals surface area contributed by atoms with E-state index in [1.807, 2.05) is 0 Å². The van der Waals surface area contributed by atoms with E-state index in [1.54, 1.807) is 0 Å². The highest BCUT2D eigenvalue weighted by molar-refractivity contribution is 6.22. The highest BCUT2D eigenvalue weighted by Crippen LogP contribution is 2.44. The molecule has 8 aromatic carbocycles. The molecule has 0 unspecified atom stereocenters. The summed E-state index contributed by atoms with van der Waals surface area (Å²) in [6, 6.07) is 55.8. The molecule has 0 aromatic heterocycles. The Balaban J connectivity index is 1.37. The van der Waals surface area contributed by atoms with E-state index in [1.165, 1.54) is 82.0 Å². The maximum Gasteiger partial charge on any atom is -0.00262 e. The fourth-order valence-electron chi connectivity index (χ4n) is 6.48. The lowest BCUT2D eigenvalue weighted by Gasteiger charge is -2.18. The second-order valence-electron chi connectivity index (χ2n) is 11.0. The molecule has 41 heavy (non-hydrogen) atoms. The Hall–Kier alpha value is -5.20. The van der Waals surface area contributed by atoms with Crippen molar-refractivity contribution < 1.29 is 0 Å². The number of hydrogen-bond donors (Lipinski definition) is 0. The second kappa shape index (κ2) is 9.47. The van der Waals surface area contributed by atoms with Gasteiger partial charge in [0.1, 0.15) is 0 Å². The Bertz CT molecular complexity index is 2200. The highest BCUT2D eigenvalue weighted by atomic mass is 14.2. The highest BCUT2D eigenvalue weighted by Gasteiger charge is 2.17. The lowest BCUT2D eigenvalue weighted by molar-refractivity contribution is 1.51. The van der Waals surface area contributed by atoms with Crippen molar-refractivity contribution in [2.45, 2.75) is 6.92 Å². The lowest BCUT2D eigenvalue weighted by Crippen LogP contribution is -1.91. The van der Waals surface area contributed by atoms with Crippen LogP contribution in [0.1, 0.15) is 5.56 Å². The van der Waals surface area contributed by atoms with Crippen molar-refractivity contribution in [1.82, 2.24) is 0 Å². The average molecular weight is 521 g/mol. The van der Waals surface area contributed by atoms with Gasteiger partial charge in [0.25, 0.3) is 0 Å². The van der Waals surface area contributed by atoms with Crippen LogP contribution in [0.5, 0.6) is 0 Å². The van der Waals surface area contributed by atoms with E-state index >= 15 is 0 Å². The molecule has 0 N–H and O–H groups in total. The molecule has 8 aromatic rings. The second-order valence-corrected chi connectivity index (χ2v) is 11.0. The summed E-state index contributed by atoms with van der Waals surface area (Å²) in [6.45, 7) is 2.15. The van der Waals surface area contributed by atoms with Gasteiger partial charge in [-0.3, -0.25) is 0 Å². The van der Waals surface area contributed by atoms with Gasteiger partial charge >= 0.3 is 0 Å². The van der Waals surface area contributed by atoms with Crippen LogP contribution in [0.2, 0.25) is 0 Å². The standard InChI is InChI=1S/C41H28/c1-27-15-16-31-25-34(21-19-29(31)23-27)40-36-11-5-7-13-38(36)41(39-14-8-6-12-37(39)40)35-22-20-32-24-30(17-18-33(32)26-35)28-9-3-2-4-10-28/h2-26H,1H3. The third-order valence-corrected chi connectivity index (χ3v) is 8.45. The number of hydrogen-bond acceptors (Lipinski definition) is 0. The quantitative estimate of drug-likeness (QED) is 0.203. The van der Waals surface area contributed by atoms with Crippen LogP contribution in [0.15, 0.2) is 152 Å². The van der Waals surface area contributed by atoms with Gasteiger partial charge in [0, 0.05) is 0 Å². The number of fused-ring (bicyclic) bond motifs is 4. The van der Waals surface area contributed by atoms with Gasteiger partial charge in [0.15, 0.2) is 0 Å². The van der Waals surface area contributed by atoms with Crippen LogP contribution in [0.25, 0.3) is 76.5 Å². The molecule has 0 radical (unpaired) electrons. The van der Waals surface area contributed by atoms with E-state index in [2.05, 4.69) is 159 Å². The minimum atomic E-state index is 1.25. The molecular weight excluding hydrogens is 492 g/mol. The number of benzene rings is 8. The molecule has 0 fully saturated rings. The predicted molar refractivity (Wildman–Crippen MR) is 178 cm³/mol. The molecular formula is C41H28. The van der Waals surface area contributed by atoms with E-state index in [9.17, 15) is 0 Å². The molecule has 192 valence electrons. The van der Waals surface area contributed by atoms with Crippen LogP contribution < -0.4 is 0 Å². The van der Waals surface area contributed by atoms with Gasteiger partial charge in [-0.15, -0.1) is 0 Å². The fourth-order valence-corrected chi connectivity index (χ4v) is 6.48. The molecule has 0 spiro atoms. The Kier molecular flexibility index (Phi) is 5.47. The predicted octanol–water partition coefficient (Wildman–Crippen LogP) is 11.6. The molecule has 0 nitrogen and oxygen atoms in total. The van der Waals surface area contributed by atoms with Gasteiger partial charge in [-0.05, 0) is 102 Å². The van der Waals surface area contributed by atoms with E-state index in [-0.39, 0.29) is 0 Å². The molecule has 0 heteroatoms. The first-order chi connectivity index (χ1) is 20.2. The molecule has 0 saturated heterocycles. The zero-order valence-electron chi connectivity index (χ0n) is 22.9. The zero-order chi connectivity index (χ0) is 27.3. The Labute approximate surface area is 240 Å². The van der Waals surface area contributed by atoms with Gasteiger partial charge in [0.2, 0.25) is 0 Å². The van der Waals surface area contributed by atoms with Crippen LogP contribution in [-0.2, 0) is 0 Å². The molecule has 0 bridgehead atoms. The van der Waals surface area contributed by atoms with Crippen LogP contribution in [-0.4, -0.2) is 0 Å². The van der Waals surface area contributed by atoms with Crippen molar-refractivity contribution in [2.75, 3.05) is 0 Å². The molecule has 0 atom stereocenters. The van der Waals surface area contributed by atoms with E-state index < -0.39 is 0 Å². The topological polar surface area (TPSA) is 0 Å². The van der Waals surface area contributed by atoms with Crippen molar-refractivity contribution in [3.05, 3.63) is 157 Å². The van der Waals surface area contributed by atoms with Crippen molar-refractivity contribution in [1.29, 1.82) is 0 Å². The summed E-state index contributed by atoms with van der Waals surface area (Å²) in [6.07, 6.45) is 0. The lowest BCUT2D eigenvalue weighted by atomic mass is 9.85. The first-order valence-electron chi connectivity index (χ1n) is 14.3. The fraction of sp³-hybridized carbons (Fsp3) is 0.0244. The third kappa shape index (κ3) is 4.00. The van der Waals surface area contributed by atoms with E-state index in [4.69, 9.17) is 0 Å². The first-order valence-corrected chi connectivity index (χ1v) is 14.3. The summed E-state index contributed by atoms with van der Waals surface area (Å²) in [4.78, 5) is 0. The maximum atomic E-state index is 2.36. The van der Waals surface area contributed by atoms with E-state index in [0.29, 0.717) is 0 Å². The molecule has 0 aliphatic heterocycles. The Morgan fingerprint density at radius 2 is 0.683 bits per heavy atom. The first kappa shape index (κ1) is 23.7. The minimum absolute atomic E-state index is 1.25. The SMILES string of the molecule is Cc1ccc2cc(-c3c4ccccc4c(-c4ccc5cc(-c6ccccc6)ccc5c4)c4ccccc34)ccc2c1. The van der Waals surface area contributed by atoms with Crippen LogP contribution >= 0.6 is 0 Å². The van der Waals surface area contributed by atoms with Gasteiger partial charge in [0.05, 0.1) is 0 Å². The number of rotatable bonds is 3. The maximum absolute atomic E-state index is 2.36. The van der Waals surface area contributed by atoms with Crippen LogP contribution in [0, 0.1) is 6.92 Å². The van der Waals surface area contributed by atoms with Gasteiger partial charge in [-0.1, -0.05) is 139 Å². The number of aryl methyl sites for hydroxylation is 1. The van der Waals surface area contributed by atoms with E-state index in [0.717, 1.165) is 0 Å². The summed E-state index contributed by atoms with van der Waals surface area (Å²) in [7, 11) is 0. The normalized spacial score (nSPS) is 11.5. The largest absolute Gasteiger partial charge is 0.0622 e. The molecule has 0 aliphatic carbocycles. The van der Waals surface area contributed by atoms with Crippen molar-refractivity contribution in [3.8, 4) is 33.4 Å². The van der Waals surface area contributed by atoms with Crippen molar-refractivity contribution >= 4 is 43.1 Å². The monoisotopic (exact) mass is 520 g/mol. The molecule has 0 aliphatic rings. The summed E-state index contributed by atoms with van der Waals surface area (Å²) >= 11 is 0. The summed E-state index contributed by atoms with van der Waals surface area (Å²) in [5.74, 6) is 0.